The van der Waals surface area contributed by atoms with Crippen molar-refractivity contribution in [3.05, 3.63) is 78.0 Å². The normalized spacial score (nSPS) is 12.3. The number of likely N-dealkylation sites (N-methyl/N-ethyl adjacent to an activating group) is 1. The summed E-state index contributed by atoms with van der Waals surface area (Å²) in [7, 11) is 3.92. The molecular formula is C19H22N4O2. The van der Waals surface area contributed by atoms with E-state index in [1.54, 1.807) is 12.5 Å². The predicted molar refractivity (Wildman–Crippen MR) is 95.2 cm³/mol. The minimum Gasteiger partial charge on any atom is -0.468 e. The standard InChI is InChI=1S/C19H22N4O2/c1-22(2)17(18-5-3-12-25-18)13-20-19(24)16-8-6-15(7-9-16)14-23-11-4-10-21-23/h3-12,17H,13-14H2,1-2H3,(H,20,24). The molecule has 0 aliphatic rings. The van der Waals surface area contributed by atoms with Gasteiger partial charge >= 0.3 is 0 Å². The minimum atomic E-state index is -0.0935. The van der Waals surface area contributed by atoms with Crippen LogP contribution in [0.3, 0.4) is 0 Å². The van der Waals surface area contributed by atoms with Crippen molar-refractivity contribution in [1.82, 2.24) is 20.0 Å². The first-order valence-corrected chi connectivity index (χ1v) is 8.18. The number of nitrogens with one attached hydrogen (secondary N) is 1. The lowest BCUT2D eigenvalue weighted by molar-refractivity contribution is 0.0939. The van der Waals surface area contributed by atoms with Gasteiger partial charge in [0.1, 0.15) is 5.76 Å². The van der Waals surface area contributed by atoms with E-state index in [1.165, 1.54) is 0 Å². The topological polar surface area (TPSA) is 63.3 Å². The van der Waals surface area contributed by atoms with Crippen LogP contribution in [0.5, 0.6) is 0 Å². The van der Waals surface area contributed by atoms with Crippen LogP contribution in [0.15, 0.2) is 65.5 Å². The van der Waals surface area contributed by atoms with Gasteiger partial charge in [-0.05, 0) is 50.0 Å². The number of carbonyl (C=O) groups excluding carboxylic acids is 1. The highest BCUT2D eigenvalue weighted by Gasteiger charge is 2.18. The molecule has 3 rings (SSSR count). The van der Waals surface area contributed by atoms with Gasteiger partial charge < -0.3 is 9.73 Å². The number of benzene rings is 1. The lowest BCUT2D eigenvalue weighted by Crippen LogP contribution is -2.34. The molecule has 1 atom stereocenters. The van der Waals surface area contributed by atoms with Crippen LogP contribution in [0.25, 0.3) is 0 Å². The lowest BCUT2D eigenvalue weighted by atomic mass is 10.1. The van der Waals surface area contributed by atoms with E-state index in [-0.39, 0.29) is 11.9 Å². The average Bonchev–Trinajstić information content (AvgIpc) is 3.29. The third-order valence-electron chi connectivity index (χ3n) is 4.07. The summed E-state index contributed by atoms with van der Waals surface area (Å²) in [5.41, 5.74) is 1.74. The molecule has 1 aromatic carbocycles. The summed E-state index contributed by atoms with van der Waals surface area (Å²) >= 11 is 0. The summed E-state index contributed by atoms with van der Waals surface area (Å²) < 4.78 is 7.31. The van der Waals surface area contributed by atoms with E-state index >= 15 is 0 Å². The number of hydrogen-bond acceptors (Lipinski definition) is 4. The molecule has 0 aliphatic carbocycles. The van der Waals surface area contributed by atoms with Gasteiger partial charge in [-0.3, -0.25) is 14.4 Å². The molecule has 1 amide bonds. The van der Waals surface area contributed by atoms with Crippen molar-refractivity contribution in [2.24, 2.45) is 0 Å². The highest BCUT2D eigenvalue weighted by atomic mass is 16.3. The van der Waals surface area contributed by atoms with Gasteiger partial charge in [0.05, 0.1) is 18.8 Å². The van der Waals surface area contributed by atoms with Crippen LogP contribution in [0.4, 0.5) is 0 Å². The van der Waals surface area contributed by atoms with E-state index in [9.17, 15) is 4.79 Å². The largest absolute Gasteiger partial charge is 0.468 e. The third-order valence-corrected chi connectivity index (χ3v) is 4.07. The molecule has 2 aromatic heterocycles. The Morgan fingerprint density at radius 2 is 2.04 bits per heavy atom. The number of hydrogen-bond donors (Lipinski definition) is 1. The molecule has 6 nitrogen and oxygen atoms in total. The van der Waals surface area contributed by atoms with Crippen molar-refractivity contribution in [2.45, 2.75) is 12.6 Å². The number of furan rings is 1. The van der Waals surface area contributed by atoms with E-state index in [4.69, 9.17) is 4.42 Å². The summed E-state index contributed by atoms with van der Waals surface area (Å²) in [6, 6.07) is 13.2. The molecule has 0 fully saturated rings. The molecule has 130 valence electrons. The van der Waals surface area contributed by atoms with Crippen molar-refractivity contribution in [1.29, 1.82) is 0 Å². The first kappa shape index (κ1) is 17.0. The molecule has 0 aliphatic heterocycles. The van der Waals surface area contributed by atoms with Gasteiger partial charge in [-0.25, -0.2) is 0 Å². The van der Waals surface area contributed by atoms with Crippen LogP contribution in [-0.4, -0.2) is 41.2 Å². The quantitative estimate of drug-likeness (QED) is 0.719. The molecule has 0 radical (unpaired) electrons. The fourth-order valence-electron chi connectivity index (χ4n) is 2.65. The third kappa shape index (κ3) is 4.36. The van der Waals surface area contributed by atoms with E-state index in [1.807, 2.05) is 72.3 Å². The maximum atomic E-state index is 12.4. The molecule has 2 heterocycles. The molecule has 1 unspecified atom stereocenters. The molecule has 25 heavy (non-hydrogen) atoms. The Morgan fingerprint density at radius 3 is 2.64 bits per heavy atom. The summed E-state index contributed by atoms with van der Waals surface area (Å²) in [5.74, 6) is 0.740. The van der Waals surface area contributed by atoms with E-state index < -0.39 is 0 Å². The molecule has 0 saturated carbocycles. The van der Waals surface area contributed by atoms with Crippen LogP contribution >= 0.6 is 0 Å². The maximum absolute atomic E-state index is 12.4. The monoisotopic (exact) mass is 338 g/mol. The second-order valence-electron chi connectivity index (χ2n) is 6.11. The van der Waals surface area contributed by atoms with Gasteiger partial charge in [-0.1, -0.05) is 12.1 Å². The van der Waals surface area contributed by atoms with Gasteiger partial charge in [0.25, 0.3) is 5.91 Å². The van der Waals surface area contributed by atoms with Crippen LogP contribution in [0, 0.1) is 0 Å². The average molecular weight is 338 g/mol. The Kier molecular flexibility index (Phi) is 5.30. The van der Waals surface area contributed by atoms with Crippen molar-refractivity contribution >= 4 is 5.91 Å². The van der Waals surface area contributed by atoms with Gasteiger partial charge in [0.15, 0.2) is 0 Å². The maximum Gasteiger partial charge on any atom is 0.251 e. The van der Waals surface area contributed by atoms with Gasteiger partial charge in [-0.2, -0.15) is 5.10 Å². The molecule has 0 bridgehead atoms. The number of rotatable bonds is 7. The second-order valence-corrected chi connectivity index (χ2v) is 6.11. The fraction of sp³-hybridized carbons (Fsp3) is 0.263. The Bertz CT molecular complexity index is 777. The zero-order chi connectivity index (χ0) is 17.6. The lowest BCUT2D eigenvalue weighted by Gasteiger charge is -2.22. The van der Waals surface area contributed by atoms with Crippen LogP contribution in [0.1, 0.15) is 27.7 Å². The van der Waals surface area contributed by atoms with E-state index in [0.717, 1.165) is 11.3 Å². The first-order chi connectivity index (χ1) is 12.1. The molecule has 0 saturated heterocycles. The van der Waals surface area contributed by atoms with Crippen molar-refractivity contribution < 1.29 is 9.21 Å². The van der Waals surface area contributed by atoms with Crippen molar-refractivity contribution in [3.8, 4) is 0 Å². The second kappa shape index (κ2) is 7.81. The zero-order valence-electron chi connectivity index (χ0n) is 14.4. The number of carbonyl (C=O) groups is 1. The summed E-state index contributed by atoms with van der Waals surface area (Å²) in [5, 5.41) is 7.16. The minimum absolute atomic E-state index is 0.00182. The first-order valence-electron chi connectivity index (χ1n) is 8.18. The molecule has 1 N–H and O–H groups in total. The highest BCUT2D eigenvalue weighted by Crippen LogP contribution is 2.17. The summed E-state index contributed by atoms with van der Waals surface area (Å²) in [6.45, 7) is 1.17. The number of nitrogens with zero attached hydrogens (tertiary/aromatic N) is 3. The van der Waals surface area contributed by atoms with Crippen molar-refractivity contribution in [3.63, 3.8) is 0 Å². The van der Waals surface area contributed by atoms with Gasteiger partial charge in [0, 0.05) is 24.5 Å². The summed E-state index contributed by atoms with van der Waals surface area (Å²) in [4.78, 5) is 14.4. The number of aromatic nitrogens is 2. The van der Waals surface area contributed by atoms with E-state index in [0.29, 0.717) is 18.7 Å². The van der Waals surface area contributed by atoms with Gasteiger partial charge in [0.2, 0.25) is 0 Å². The SMILES string of the molecule is CN(C)C(CNC(=O)c1ccc(Cn2cccn2)cc1)c1ccco1. The highest BCUT2D eigenvalue weighted by molar-refractivity contribution is 5.94. The smallest absolute Gasteiger partial charge is 0.251 e. The Hall–Kier alpha value is -2.86. The Labute approximate surface area is 147 Å². The zero-order valence-corrected chi connectivity index (χ0v) is 14.4. The molecule has 6 heteroatoms. The summed E-state index contributed by atoms with van der Waals surface area (Å²) in [6.07, 6.45) is 5.31. The number of amides is 1. The van der Waals surface area contributed by atoms with Crippen LogP contribution < -0.4 is 5.32 Å². The molecular weight excluding hydrogens is 316 g/mol. The fourth-order valence-corrected chi connectivity index (χ4v) is 2.65. The molecule has 3 aromatic rings. The van der Waals surface area contributed by atoms with E-state index in [2.05, 4.69) is 10.4 Å². The predicted octanol–water partition coefficient (Wildman–Crippen LogP) is 2.56. The Balaban J connectivity index is 1.59. The van der Waals surface area contributed by atoms with Crippen molar-refractivity contribution in [2.75, 3.05) is 20.6 Å². The Morgan fingerprint density at radius 1 is 1.24 bits per heavy atom. The molecule has 0 spiro atoms. The van der Waals surface area contributed by atoms with Crippen LogP contribution in [-0.2, 0) is 6.54 Å². The van der Waals surface area contributed by atoms with Gasteiger partial charge in [-0.15, -0.1) is 0 Å². The van der Waals surface area contributed by atoms with Crippen LogP contribution in [0.2, 0.25) is 0 Å².